The monoisotopic (exact) mass is 218 g/mol. The summed E-state index contributed by atoms with van der Waals surface area (Å²) in [5.41, 5.74) is 5.22. The summed E-state index contributed by atoms with van der Waals surface area (Å²) in [6.07, 6.45) is 0.982. The van der Waals surface area contributed by atoms with E-state index in [9.17, 15) is 0 Å². The Kier molecular flexibility index (Phi) is 6.36. The van der Waals surface area contributed by atoms with Gasteiger partial charge in [0.2, 0.25) is 0 Å². The Labute approximate surface area is 93.5 Å². The van der Waals surface area contributed by atoms with E-state index in [0.29, 0.717) is 13.2 Å². The summed E-state index contributed by atoms with van der Waals surface area (Å²) in [7, 11) is 1.96. The van der Waals surface area contributed by atoms with Gasteiger partial charge >= 0.3 is 0 Å². The molecule has 0 amide bonds. The fraction of sp³-hybridized carbons (Fsp3) is 1.00. The minimum absolute atomic E-state index is 0.133. The normalized spacial score (nSPS) is 13.2. The van der Waals surface area contributed by atoms with Gasteiger partial charge in [-0.25, -0.2) is 0 Å². The predicted molar refractivity (Wildman–Crippen MR) is 62.8 cm³/mol. The Morgan fingerprint density at radius 2 is 1.67 bits per heavy atom. The lowest BCUT2D eigenvalue weighted by Gasteiger charge is -2.24. The Bertz CT molecular complexity index is 164. The van der Waals surface area contributed by atoms with Gasteiger partial charge in [-0.1, -0.05) is 0 Å². The van der Waals surface area contributed by atoms with E-state index in [4.69, 9.17) is 15.2 Å². The molecule has 0 aromatic heterocycles. The Morgan fingerprint density at radius 1 is 1.07 bits per heavy atom. The van der Waals surface area contributed by atoms with Gasteiger partial charge in [0.1, 0.15) is 5.72 Å². The molecule has 15 heavy (non-hydrogen) atoms. The first kappa shape index (κ1) is 14.8. The third-order valence-electron chi connectivity index (χ3n) is 2.25. The van der Waals surface area contributed by atoms with E-state index in [1.807, 2.05) is 20.9 Å². The molecule has 92 valence electrons. The number of hydrogen-bond donors (Lipinski definition) is 2. The highest BCUT2D eigenvalue weighted by Gasteiger charge is 2.14. The number of rotatable bonds is 8. The van der Waals surface area contributed by atoms with E-state index in [2.05, 4.69) is 19.2 Å². The maximum atomic E-state index is 5.65. The summed E-state index contributed by atoms with van der Waals surface area (Å²) in [4.78, 5) is 0. The minimum atomic E-state index is -0.562. The first-order valence-corrected chi connectivity index (χ1v) is 5.46. The molecule has 0 aliphatic carbocycles. The van der Waals surface area contributed by atoms with Crippen LogP contribution in [0.3, 0.4) is 0 Å². The van der Waals surface area contributed by atoms with Crippen molar-refractivity contribution in [1.82, 2.24) is 5.32 Å². The number of ether oxygens (including phenoxy) is 2. The zero-order valence-electron chi connectivity index (χ0n) is 10.7. The topological polar surface area (TPSA) is 56.5 Å². The van der Waals surface area contributed by atoms with E-state index in [0.717, 1.165) is 13.0 Å². The molecule has 0 heterocycles. The van der Waals surface area contributed by atoms with Crippen molar-refractivity contribution in [1.29, 1.82) is 0 Å². The van der Waals surface area contributed by atoms with Gasteiger partial charge in [0, 0.05) is 12.1 Å². The fourth-order valence-corrected chi connectivity index (χ4v) is 0.918. The van der Waals surface area contributed by atoms with E-state index in [1.165, 1.54) is 0 Å². The van der Waals surface area contributed by atoms with Gasteiger partial charge in [0.25, 0.3) is 0 Å². The van der Waals surface area contributed by atoms with Gasteiger partial charge < -0.3 is 20.5 Å². The van der Waals surface area contributed by atoms with Crippen molar-refractivity contribution in [2.24, 2.45) is 5.73 Å². The first-order valence-electron chi connectivity index (χ1n) is 5.46. The van der Waals surface area contributed by atoms with Gasteiger partial charge in [0.05, 0.1) is 13.2 Å². The van der Waals surface area contributed by atoms with E-state index in [1.54, 1.807) is 0 Å². The molecule has 0 unspecified atom stereocenters. The summed E-state index contributed by atoms with van der Waals surface area (Å²) in [5.74, 6) is 0. The lowest BCUT2D eigenvalue weighted by Crippen LogP contribution is -2.38. The second kappa shape index (κ2) is 6.43. The smallest absolute Gasteiger partial charge is 0.111 e. The van der Waals surface area contributed by atoms with Gasteiger partial charge in [0.15, 0.2) is 0 Å². The summed E-state index contributed by atoms with van der Waals surface area (Å²) in [5, 5.41) is 3.23. The largest absolute Gasteiger partial charge is 0.379 e. The molecule has 0 aliphatic rings. The minimum Gasteiger partial charge on any atom is -0.379 e. The highest BCUT2D eigenvalue weighted by atomic mass is 16.5. The number of nitrogens with two attached hydrogens (primary N) is 1. The van der Waals surface area contributed by atoms with Crippen LogP contribution >= 0.6 is 0 Å². The van der Waals surface area contributed by atoms with Gasteiger partial charge in [-0.15, -0.1) is 0 Å². The van der Waals surface area contributed by atoms with Crippen molar-refractivity contribution in [3.63, 3.8) is 0 Å². The molecule has 0 fully saturated rings. The quantitative estimate of drug-likeness (QED) is 0.473. The second-order valence-corrected chi connectivity index (χ2v) is 4.95. The zero-order chi connectivity index (χ0) is 11.9. The molecule has 0 spiro atoms. The Hall–Kier alpha value is -0.160. The average Bonchev–Trinajstić information content (AvgIpc) is 2.09. The molecule has 0 aromatic rings. The van der Waals surface area contributed by atoms with Gasteiger partial charge in [-0.2, -0.15) is 0 Å². The third kappa shape index (κ3) is 10.1. The maximum Gasteiger partial charge on any atom is 0.111 e. The van der Waals surface area contributed by atoms with Crippen molar-refractivity contribution >= 4 is 0 Å². The van der Waals surface area contributed by atoms with Crippen LogP contribution in [-0.4, -0.2) is 38.1 Å². The molecule has 4 nitrogen and oxygen atoms in total. The molecule has 0 atom stereocenters. The molecule has 4 heteroatoms. The lowest BCUT2D eigenvalue weighted by atomic mass is 10.0. The summed E-state index contributed by atoms with van der Waals surface area (Å²) < 4.78 is 10.8. The van der Waals surface area contributed by atoms with Crippen molar-refractivity contribution in [2.45, 2.75) is 45.4 Å². The third-order valence-corrected chi connectivity index (χ3v) is 2.25. The molecule has 0 aromatic carbocycles. The van der Waals surface area contributed by atoms with Crippen molar-refractivity contribution < 1.29 is 9.47 Å². The molecule has 0 bridgehead atoms. The van der Waals surface area contributed by atoms with E-state index < -0.39 is 5.72 Å². The van der Waals surface area contributed by atoms with Crippen molar-refractivity contribution in [3.05, 3.63) is 0 Å². The van der Waals surface area contributed by atoms with Crippen molar-refractivity contribution in [3.8, 4) is 0 Å². The lowest BCUT2D eigenvalue weighted by molar-refractivity contribution is -0.0435. The summed E-state index contributed by atoms with van der Waals surface area (Å²) in [6.45, 7) is 9.84. The van der Waals surface area contributed by atoms with Crippen LogP contribution in [-0.2, 0) is 9.47 Å². The van der Waals surface area contributed by atoms with Crippen molar-refractivity contribution in [2.75, 3.05) is 26.9 Å². The van der Waals surface area contributed by atoms with Gasteiger partial charge in [-0.05, 0) is 41.2 Å². The average molecular weight is 218 g/mol. The fourth-order valence-electron chi connectivity index (χ4n) is 0.918. The molecular formula is C11H26N2O2. The van der Waals surface area contributed by atoms with Crippen LogP contribution in [0.1, 0.15) is 34.1 Å². The number of hydrogen-bond acceptors (Lipinski definition) is 4. The van der Waals surface area contributed by atoms with Gasteiger partial charge in [-0.3, -0.25) is 0 Å². The maximum absolute atomic E-state index is 5.65. The predicted octanol–water partition coefficient (Wildman–Crippen LogP) is 1.10. The Balaban J connectivity index is 3.33. The molecule has 0 rings (SSSR count). The number of nitrogens with one attached hydrogen (secondary N) is 1. The van der Waals surface area contributed by atoms with Crippen LogP contribution in [0.5, 0.6) is 0 Å². The molecular weight excluding hydrogens is 192 g/mol. The van der Waals surface area contributed by atoms with Crippen LogP contribution in [0, 0.1) is 0 Å². The second-order valence-electron chi connectivity index (χ2n) is 4.95. The molecule has 0 aliphatic heterocycles. The molecule has 0 radical (unpaired) electrons. The van der Waals surface area contributed by atoms with Crippen LogP contribution in [0.4, 0.5) is 0 Å². The first-order chi connectivity index (χ1) is 6.77. The van der Waals surface area contributed by atoms with E-state index >= 15 is 0 Å². The van der Waals surface area contributed by atoms with Crippen LogP contribution in [0.15, 0.2) is 0 Å². The van der Waals surface area contributed by atoms with Crippen LogP contribution < -0.4 is 11.1 Å². The highest BCUT2D eigenvalue weighted by Crippen LogP contribution is 2.06. The summed E-state index contributed by atoms with van der Waals surface area (Å²) in [6, 6.07) is 0. The standard InChI is InChI=1S/C11H26N2O2/c1-10(2,13-5)6-7-14-8-9-15-11(3,4)12/h13H,6-9,12H2,1-5H3. The molecule has 0 saturated heterocycles. The zero-order valence-corrected chi connectivity index (χ0v) is 10.7. The Morgan fingerprint density at radius 3 is 2.13 bits per heavy atom. The highest BCUT2D eigenvalue weighted by molar-refractivity contribution is 4.74. The van der Waals surface area contributed by atoms with Crippen LogP contribution in [0.25, 0.3) is 0 Å². The SMILES string of the molecule is CNC(C)(C)CCOCCOC(C)(C)N. The summed E-state index contributed by atoms with van der Waals surface area (Å²) >= 11 is 0. The van der Waals surface area contributed by atoms with E-state index in [-0.39, 0.29) is 5.54 Å². The molecule has 3 N–H and O–H groups in total. The molecule has 0 saturated carbocycles. The van der Waals surface area contributed by atoms with Crippen LogP contribution in [0.2, 0.25) is 0 Å².